The number of nitrogens with two attached hydrogens (primary N) is 1. The molecule has 1 atom stereocenters. The maximum Gasteiger partial charge on any atom is 0.231 e. The second-order valence-electron chi connectivity index (χ2n) is 3.00. The molecule has 78 valence electrons. The summed E-state index contributed by atoms with van der Waals surface area (Å²) in [5.74, 6) is -1.08. The van der Waals surface area contributed by atoms with Crippen LogP contribution in [0.15, 0.2) is 18.2 Å². The third-order valence-electron chi connectivity index (χ3n) is 1.88. The number of hydrogen-bond acceptors (Lipinski definition) is 2. The van der Waals surface area contributed by atoms with E-state index in [1.165, 1.54) is 12.1 Å². The highest BCUT2D eigenvalue weighted by molar-refractivity contribution is 9.10. The van der Waals surface area contributed by atoms with E-state index < -0.39 is 16.6 Å². The van der Waals surface area contributed by atoms with Gasteiger partial charge in [-0.05, 0) is 24.1 Å². The fraction of sp³-hybridized carbons (Fsp3) is 0.200. The normalized spacial score (nSPS) is 11.8. The number of carbonyl (C=O) groups is 1. The molecule has 0 heterocycles. The second kappa shape index (κ2) is 4.89. The third-order valence-corrected chi connectivity index (χ3v) is 2.65. The van der Waals surface area contributed by atoms with E-state index in [0.717, 1.165) is 0 Å². The number of nitriles is 1. The van der Waals surface area contributed by atoms with Gasteiger partial charge in [0.15, 0.2) is 0 Å². The summed E-state index contributed by atoms with van der Waals surface area (Å²) in [4.78, 5) is 10.2. The Kier molecular flexibility index (Phi) is 3.81. The minimum absolute atomic E-state index is 0.0102. The Hall–Kier alpha value is -1.41. The van der Waals surface area contributed by atoms with Crippen molar-refractivity contribution in [1.82, 2.24) is 0 Å². The minimum Gasteiger partial charge on any atom is -0.369 e. The van der Waals surface area contributed by atoms with Gasteiger partial charge in [-0.3, -0.25) is 4.79 Å². The quantitative estimate of drug-likeness (QED) is 0.846. The molecule has 15 heavy (non-hydrogen) atoms. The summed E-state index contributed by atoms with van der Waals surface area (Å²) >= 11 is 3.08. The Morgan fingerprint density at radius 3 is 2.80 bits per heavy atom. The van der Waals surface area contributed by atoms with Gasteiger partial charge >= 0.3 is 0 Å². The molecule has 0 aliphatic carbocycles. The summed E-state index contributed by atoms with van der Waals surface area (Å²) in [7, 11) is 0. The van der Waals surface area contributed by atoms with E-state index in [0.29, 0.717) is 12.0 Å². The van der Waals surface area contributed by atoms with Crippen molar-refractivity contribution in [3.8, 4) is 6.07 Å². The molecule has 3 nitrogen and oxygen atoms in total. The van der Waals surface area contributed by atoms with E-state index in [1.807, 2.05) is 0 Å². The summed E-state index contributed by atoms with van der Waals surface area (Å²) < 4.78 is 13.1. The van der Waals surface area contributed by atoms with Crippen molar-refractivity contribution in [3.05, 3.63) is 35.1 Å². The van der Waals surface area contributed by atoms with Crippen LogP contribution in [-0.4, -0.2) is 10.7 Å². The second-order valence-corrected chi connectivity index (χ2v) is 4.11. The van der Waals surface area contributed by atoms with Crippen molar-refractivity contribution in [2.24, 2.45) is 5.73 Å². The molecule has 0 fully saturated rings. The zero-order chi connectivity index (χ0) is 11.4. The number of carbonyl (C=O) groups excluding carboxylic acids is 1. The number of hydrogen-bond donors (Lipinski definition) is 1. The summed E-state index contributed by atoms with van der Waals surface area (Å²) in [6.07, 6.45) is 0.304. The number of benzene rings is 1. The molecule has 0 aliphatic heterocycles. The first-order chi connectivity index (χ1) is 7.04. The van der Waals surface area contributed by atoms with Crippen LogP contribution in [0, 0.1) is 17.1 Å². The van der Waals surface area contributed by atoms with Gasteiger partial charge in [0.05, 0.1) is 10.4 Å². The molecule has 1 rings (SSSR count). The Labute approximate surface area is 94.8 Å². The van der Waals surface area contributed by atoms with Gasteiger partial charge in [-0.25, -0.2) is 4.39 Å². The molecule has 1 amide bonds. The van der Waals surface area contributed by atoms with E-state index in [4.69, 9.17) is 11.0 Å². The van der Waals surface area contributed by atoms with E-state index in [-0.39, 0.29) is 5.56 Å². The lowest BCUT2D eigenvalue weighted by atomic mass is 10.1. The number of primary amides is 1. The van der Waals surface area contributed by atoms with Crippen LogP contribution < -0.4 is 5.73 Å². The molecule has 1 aromatic rings. The third kappa shape index (κ3) is 3.03. The lowest BCUT2D eigenvalue weighted by molar-refractivity contribution is -0.117. The molecule has 2 N–H and O–H groups in total. The number of rotatable bonds is 3. The van der Waals surface area contributed by atoms with Gasteiger partial charge in [0.1, 0.15) is 11.9 Å². The van der Waals surface area contributed by atoms with Crippen LogP contribution in [0.25, 0.3) is 0 Å². The lowest BCUT2D eigenvalue weighted by Gasteiger charge is -2.05. The van der Waals surface area contributed by atoms with Crippen LogP contribution in [0.3, 0.4) is 0 Å². The van der Waals surface area contributed by atoms with Gasteiger partial charge in [-0.1, -0.05) is 22.0 Å². The summed E-state index contributed by atoms with van der Waals surface area (Å²) in [5.41, 5.74) is 5.65. The minimum atomic E-state index is -0.584. The van der Waals surface area contributed by atoms with Gasteiger partial charge in [-0.15, -0.1) is 0 Å². The van der Waals surface area contributed by atoms with Gasteiger partial charge in [0.25, 0.3) is 0 Å². The first kappa shape index (κ1) is 11.7. The Morgan fingerprint density at radius 2 is 2.33 bits per heavy atom. The van der Waals surface area contributed by atoms with Crippen molar-refractivity contribution >= 4 is 21.8 Å². The monoisotopic (exact) mass is 270 g/mol. The number of nitrogens with zero attached hydrogens (tertiary/aromatic N) is 1. The Bertz CT molecular complexity index is 428. The van der Waals surface area contributed by atoms with Gasteiger partial charge in [-0.2, -0.15) is 5.26 Å². The van der Waals surface area contributed by atoms with Crippen molar-refractivity contribution in [2.45, 2.75) is 11.2 Å². The molecule has 0 bridgehead atoms. The van der Waals surface area contributed by atoms with Crippen LogP contribution in [0.1, 0.15) is 11.1 Å². The predicted octanol–water partition coefficient (Wildman–Crippen LogP) is 1.49. The fourth-order valence-corrected chi connectivity index (χ4v) is 1.46. The Balaban J connectivity index is 2.85. The fourth-order valence-electron chi connectivity index (χ4n) is 1.08. The molecule has 0 aromatic heterocycles. The molecule has 0 aliphatic rings. The predicted molar refractivity (Wildman–Crippen MR) is 56.7 cm³/mol. The maximum absolute atomic E-state index is 13.1. The smallest absolute Gasteiger partial charge is 0.231 e. The van der Waals surface area contributed by atoms with Crippen molar-refractivity contribution in [2.75, 3.05) is 0 Å². The molecular formula is C10H8BrFN2O. The lowest BCUT2D eigenvalue weighted by Crippen LogP contribution is -2.25. The molecule has 0 saturated heterocycles. The average molecular weight is 271 g/mol. The van der Waals surface area contributed by atoms with Gasteiger partial charge < -0.3 is 5.73 Å². The van der Waals surface area contributed by atoms with E-state index in [9.17, 15) is 9.18 Å². The van der Waals surface area contributed by atoms with Crippen LogP contribution >= 0.6 is 15.9 Å². The first-order valence-electron chi connectivity index (χ1n) is 4.16. The zero-order valence-corrected chi connectivity index (χ0v) is 9.29. The van der Waals surface area contributed by atoms with Crippen LogP contribution in [0.4, 0.5) is 4.39 Å². The van der Waals surface area contributed by atoms with E-state index in [1.54, 1.807) is 12.1 Å². The highest BCUT2D eigenvalue weighted by atomic mass is 79.9. The number of alkyl halides is 1. The van der Waals surface area contributed by atoms with Crippen LogP contribution in [0.5, 0.6) is 0 Å². The van der Waals surface area contributed by atoms with Crippen LogP contribution in [0.2, 0.25) is 0 Å². The number of halogens is 2. The first-order valence-corrected chi connectivity index (χ1v) is 5.08. The zero-order valence-electron chi connectivity index (χ0n) is 7.71. The molecule has 0 saturated carbocycles. The molecule has 1 unspecified atom stereocenters. The Morgan fingerprint density at radius 1 is 1.67 bits per heavy atom. The highest BCUT2D eigenvalue weighted by Gasteiger charge is 2.12. The summed E-state index contributed by atoms with van der Waals surface area (Å²) in [5, 5.41) is 8.51. The van der Waals surface area contributed by atoms with Crippen LogP contribution in [-0.2, 0) is 11.2 Å². The van der Waals surface area contributed by atoms with Gasteiger partial charge in [0.2, 0.25) is 5.91 Å². The topological polar surface area (TPSA) is 66.9 Å². The molecule has 0 radical (unpaired) electrons. The SMILES string of the molecule is N#Cc1ccc(CC(Br)C(N)=O)cc1F. The molecular weight excluding hydrogens is 263 g/mol. The molecule has 0 spiro atoms. The maximum atomic E-state index is 13.1. The molecule has 5 heteroatoms. The summed E-state index contributed by atoms with van der Waals surface area (Å²) in [6.45, 7) is 0. The number of amides is 1. The van der Waals surface area contributed by atoms with E-state index in [2.05, 4.69) is 15.9 Å². The van der Waals surface area contributed by atoms with Crippen molar-refractivity contribution < 1.29 is 9.18 Å². The van der Waals surface area contributed by atoms with E-state index >= 15 is 0 Å². The molecule has 1 aromatic carbocycles. The summed E-state index contributed by atoms with van der Waals surface area (Å²) in [6, 6.07) is 5.93. The highest BCUT2D eigenvalue weighted by Crippen LogP contribution is 2.14. The average Bonchev–Trinajstić information content (AvgIpc) is 2.18. The largest absolute Gasteiger partial charge is 0.369 e. The standard InChI is InChI=1S/C10H8BrFN2O/c11-8(10(14)15)3-6-1-2-7(5-13)9(12)4-6/h1-2,4,8H,3H2,(H2,14,15). The van der Waals surface area contributed by atoms with Crippen molar-refractivity contribution in [3.63, 3.8) is 0 Å². The van der Waals surface area contributed by atoms with Crippen molar-refractivity contribution in [1.29, 1.82) is 5.26 Å². The van der Waals surface area contributed by atoms with Gasteiger partial charge in [0, 0.05) is 0 Å².